The molecule has 0 spiro atoms. The molecule has 4 aromatic rings. The minimum Gasteiger partial charge on any atom is -0.493 e. The zero-order valence-corrected chi connectivity index (χ0v) is 25.5. The number of pyridine rings is 1. The molecule has 1 fully saturated rings. The summed E-state index contributed by atoms with van der Waals surface area (Å²) in [6.07, 6.45) is 4.03. The van der Waals surface area contributed by atoms with Crippen molar-refractivity contribution in [2.75, 3.05) is 41.3 Å². The fourth-order valence-electron chi connectivity index (χ4n) is 5.52. The van der Waals surface area contributed by atoms with Gasteiger partial charge in [0.25, 0.3) is 5.56 Å². The molecule has 1 saturated carbocycles. The van der Waals surface area contributed by atoms with E-state index in [0.717, 1.165) is 25.7 Å². The van der Waals surface area contributed by atoms with E-state index in [1.165, 1.54) is 40.1 Å². The zero-order chi connectivity index (χ0) is 30.0. The van der Waals surface area contributed by atoms with Gasteiger partial charge in [-0.15, -0.1) is 12.4 Å². The molecule has 0 bridgehead atoms. The first-order valence-corrected chi connectivity index (χ1v) is 13.6. The van der Waals surface area contributed by atoms with E-state index in [1.54, 1.807) is 48.5 Å². The Morgan fingerprint density at radius 1 is 0.791 bits per heavy atom. The molecule has 1 aliphatic rings. The quantitative estimate of drug-likeness (QED) is 0.185. The second kappa shape index (κ2) is 13.2. The third-order valence-electron chi connectivity index (χ3n) is 7.55. The lowest BCUT2D eigenvalue weighted by Crippen LogP contribution is -2.27. The fourth-order valence-corrected chi connectivity index (χ4v) is 5.52. The smallest absolute Gasteiger partial charge is 0.355 e. The molecule has 0 saturated heterocycles. The first-order chi connectivity index (χ1) is 20.3. The standard InChI is InChI=1S/C32H34N2O8.ClH/c1-37-24-17-23-22(16-25(24)42-21-8-6-7-9-21)28(18-14-26(38-2)30(40-4)27(15-18)39-3)29(32(36)41-5)34(31(23)35)20-12-10-19(33)11-13-20;/h10-17,21H,6-9,33H2,1-5H3;1H. The van der Waals surface area contributed by atoms with Gasteiger partial charge in [-0.25, -0.2) is 4.79 Å². The molecule has 11 heteroatoms. The van der Waals surface area contributed by atoms with Gasteiger partial charge in [0.15, 0.2) is 23.0 Å². The summed E-state index contributed by atoms with van der Waals surface area (Å²) in [5.41, 5.74) is 7.37. The predicted molar refractivity (Wildman–Crippen MR) is 167 cm³/mol. The second-order valence-electron chi connectivity index (χ2n) is 9.93. The number of benzene rings is 3. The number of hydrogen-bond acceptors (Lipinski definition) is 9. The van der Waals surface area contributed by atoms with Crippen LogP contribution in [-0.2, 0) is 4.74 Å². The number of nitrogens with two attached hydrogens (primary N) is 1. The summed E-state index contributed by atoms with van der Waals surface area (Å²) in [6.45, 7) is 0. The van der Waals surface area contributed by atoms with Crippen LogP contribution in [-0.4, -0.2) is 52.2 Å². The van der Waals surface area contributed by atoms with Crippen molar-refractivity contribution in [1.29, 1.82) is 0 Å². The SMILES string of the molecule is COC(=O)c1c(-c2cc(OC)c(OC)c(OC)c2)c2cc(OC3CCCC3)c(OC)cc2c(=O)n1-c1ccc(N)cc1.Cl. The Morgan fingerprint density at radius 3 is 1.91 bits per heavy atom. The van der Waals surface area contributed by atoms with Crippen LogP contribution in [0.25, 0.3) is 27.6 Å². The van der Waals surface area contributed by atoms with Crippen LogP contribution in [0.5, 0.6) is 28.7 Å². The molecule has 43 heavy (non-hydrogen) atoms. The summed E-state index contributed by atoms with van der Waals surface area (Å²) in [4.78, 5) is 27.9. The van der Waals surface area contributed by atoms with E-state index >= 15 is 0 Å². The Kier molecular flexibility index (Phi) is 9.60. The van der Waals surface area contributed by atoms with Crippen molar-refractivity contribution in [2.24, 2.45) is 0 Å². The van der Waals surface area contributed by atoms with E-state index in [0.29, 0.717) is 62.0 Å². The third-order valence-corrected chi connectivity index (χ3v) is 7.55. The highest BCUT2D eigenvalue weighted by Crippen LogP contribution is 2.45. The van der Waals surface area contributed by atoms with Crippen LogP contribution in [0.2, 0.25) is 0 Å². The lowest BCUT2D eigenvalue weighted by atomic mass is 9.95. The van der Waals surface area contributed by atoms with Gasteiger partial charge in [0.2, 0.25) is 5.75 Å². The predicted octanol–water partition coefficient (Wildman–Crippen LogP) is 5.80. The number of carbonyl (C=O) groups excluding carboxylic acids is 1. The Hall–Kier alpha value is -4.57. The Bertz CT molecular complexity index is 1670. The van der Waals surface area contributed by atoms with Gasteiger partial charge < -0.3 is 34.2 Å². The summed E-state index contributed by atoms with van der Waals surface area (Å²) in [5, 5.41) is 0.772. The van der Waals surface area contributed by atoms with Crippen molar-refractivity contribution < 1.29 is 33.2 Å². The summed E-state index contributed by atoms with van der Waals surface area (Å²) >= 11 is 0. The third kappa shape index (κ3) is 5.75. The van der Waals surface area contributed by atoms with Crippen LogP contribution >= 0.6 is 12.4 Å². The maximum atomic E-state index is 14.3. The molecule has 3 aromatic carbocycles. The number of methoxy groups -OCH3 is 5. The molecule has 1 aliphatic carbocycles. The van der Waals surface area contributed by atoms with Crippen molar-refractivity contribution in [3.63, 3.8) is 0 Å². The zero-order valence-electron chi connectivity index (χ0n) is 24.7. The molecule has 228 valence electrons. The number of anilines is 1. The van der Waals surface area contributed by atoms with Crippen molar-refractivity contribution in [2.45, 2.75) is 31.8 Å². The maximum absolute atomic E-state index is 14.3. The normalized spacial score (nSPS) is 12.9. The number of nitrogen functional groups attached to an aromatic ring is 1. The minimum atomic E-state index is -0.719. The Balaban J connectivity index is 0.00000423. The Labute approximate surface area is 255 Å². The van der Waals surface area contributed by atoms with Crippen molar-refractivity contribution in [1.82, 2.24) is 4.57 Å². The molecule has 1 aromatic heterocycles. The van der Waals surface area contributed by atoms with E-state index in [2.05, 4.69) is 0 Å². The fraction of sp³-hybridized carbons (Fsp3) is 0.312. The first kappa shape index (κ1) is 31.4. The molecule has 0 amide bonds. The molecule has 2 N–H and O–H groups in total. The highest BCUT2D eigenvalue weighted by molar-refractivity contribution is 6.08. The largest absolute Gasteiger partial charge is 0.493 e. The monoisotopic (exact) mass is 610 g/mol. The topological polar surface area (TPSA) is 120 Å². The summed E-state index contributed by atoms with van der Waals surface area (Å²) in [7, 11) is 7.33. The van der Waals surface area contributed by atoms with Gasteiger partial charge in [0.1, 0.15) is 5.69 Å². The maximum Gasteiger partial charge on any atom is 0.355 e. The molecule has 0 atom stereocenters. The number of carbonyl (C=O) groups is 1. The van der Waals surface area contributed by atoms with Gasteiger partial charge in [-0.05, 0) is 79.8 Å². The minimum absolute atomic E-state index is 0. The lowest BCUT2D eigenvalue weighted by Gasteiger charge is -2.22. The second-order valence-corrected chi connectivity index (χ2v) is 9.93. The van der Waals surface area contributed by atoms with Crippen LogP contribution < -0.4 is 35.0 Å². The van der Waals surface area contributed by atoms with Gasteiger partial charge in [-0.2, -0.15) is 0 Å². The van der Waals surface area contributed by atoms with E-state index in [1.807, 2.05) is 0 Å². The molecule has 0 radical (unpaired) electrons. The average Bonchev–Trinajstić information content (AvgIpc) is 3.53. The number of rotatable bonds is 9. The highest BCUT2D eigenvalue weighted by atomic mass is 35.5. The van der Waals surface area contributed by atoms with Crippen molar-refractivity contribution in [3.8, 4) is 45.6 Å². The summed E-state index contributed by atoms with van der Waals surface area (Å²) in [6, 6.07) is 13.5. The Morgan fingerprint density at radius 2 is 1.37 bits per heavy atom. The van der Waals surface area contributed by atoms with Crippen LogP contribution in [0, 0.1) is 0 Å². The van der Waals surface area contributed by atoms with Crippen LogP contribution in [0.1, 0.15) is 36.2 Å². The van der Waals surface area contributed by atoms with E-state index in [-0.39, 0.29) is 24.2 Å². The molecular formula is C32H35ClN2O8. The molecule has 0 unspecified atom stereocenters. The number of aromatic nitrogens is 1. The van der Waals surface area contributed by atoms with Gasteiger partial charge in [0, 0.05) is 22.3 Å². The van der Waals surface area contributed by atoms with Gasteiger partial charge in [-0.1, -0.05) is 0 Å². The number of hydrogen-bond donors (Lipinski definition) is 1. The molecule has 1 heterocycles. The van der Waals surface area contributed by atoms with Crippen LogP contribution in [0.3, 0.4) is 0 Å². The molecule has 0 aliphatic heterocycles. The summed E-state index contributed by atoms with van der Waals surface area (Å²) in [5.74, 6) is 1.30. The first-order valence-electron chi connectivity index (χ1n) is 13.6. The van der Waals surface area contributed by atoms with E-state index in [9.17, 15) is 9.59 Å². The molecule has 10 nitrogen and oxygen atoms in total. The number of esters is 1. The van der Waals surface area contributed by atoms with Crippen LogP contribution in [0.15, 0.2) is 53.3 Å². The number of halogens is 1. The average molecular weight is 611 g/mol. The highest BCUT2D eigenvalue weighted by Gasteiger charge is 2.29. The number of nitrogens with zero attached hydrogens (tertiary/aromatic N) is 1. The lowest BCUT2D eigenvalue weighted by molar-refractivity contribution is 0.0591. The van der Waals surface area contributed by atoms with Crippen LogP contribution in [0.4, 0.5) is 5.69 Å². The number of ether oxygens (including phenoxy) is 6. The number of fused-ring (bicyclic) bond motifs is 1. The van der Waals surface area contributed by atoms with E-state index in [4.69, 9.17) is 34.2 Å². The van der Waals surface area contributed by atoms with Gasteiger partial charge in [-0.3, -0.25) is 9.36 Å². The van der Waals surface area contributed by atoms with Crippen molar-refractivity contribution >= 4 is 34.8 Å². The van der Waals surface area contributed by atoms with Crippen molar-refractivity contribution in [3.05, 3.63) is 64.6 Å². The molecular weight excluding hydrogens is 576 g/mol. The summed E-state index contributed by atoms with van der Waals surface area (Å²) < 4.78 is 35.5. The molecule has 5 rings (SSSR count). The van der Waals surface area contributed by atoms with E-state index < -0.39 is 11.5 Å². The van der Waals surface area contributed by atoms with Gasteiger partial charge in [0.05, 0.1) is 47.0 Å². The van der Waals surface area contributed by atoms with Gasteiger partial charge >= 0.3 is 5.97 Å².